The van der Waals surface area contributed by atoms with E-state index in [4.69, 9.17) is 5.11 Å². The van der Waals surface area contributed by atoms with Crippen molar-refractivity contribution in [2.75, 3.05) is 26.2 Å². The maximum atomic E-state index is 8.95. The van der Waals surface area contributed by atoms with E-state index >= 15 is 0 Å². The minimum atomic E-state index is 0.239. The van der Waals surface area contributed by atoms with Crippen LogP contribution in [0.5, 0.6) is 0 Å². The average molecular weight is 252 g/mol. The highest BCUT2D eigenvalue weighted by Gasteiger charge is 2.14. The van der Waals surface area contributed by atoms with Crippen LogP contribution in [0.4, 0.5) is 0 Å². The molecule has 1 heterocycles. The maximum Gasteiger partial charge on any atom is 0.0991 e. The van der Waals surface area contributed by atoms with Crippen molar-refractivity contribution in [2.45, 2.75) is 51.9 Å². The molecule has 0 saturated heterocycles. The van der Waals surface area contributed by atoms with E-state index < -0.39 is 0 Å². The van der Waals surface area contributed by atoms with E-state index in [-0.39, 0.29) is 6.61 Å². The van der Waals surface area contributed by atoms with Gasteiger partial charge in [0.1, 0.15) is 0 Å². The van der Waals surface area contributed by atoms with E-state index in [2.05, 4.69) is 29.0 Å². The van der Waals surface area contributed by atoms with Crippen molar-refractivity contribution in [1.82, 2.24) is 4.90 Å². The Hall–Kier alpha value is -0.830. The van der Waals surface area contributed by atoms with Crippen molar-refractivity contribution in [3.63, 3.8) is 0 Å². The van der Waals surface area contributed by atoms with Gasteiger partial charge in [-0.15, -0.1) is 0 Å². The largest absolute Gasteiger partial charge is 0.395 e. The van der Waals surface area contributed by atoms with E-state index in [1.807, 2.05) is 0 Å². The minimum Gasteiger partial charge on any atom is -0.395 e. The van der Waals surface area contributed by atoms with Crippen LogP contribution in [0.25, 0.3) is 0 Å². The Labute approximate surface area is 112 Å². The summed E-state index contributed by atoms with van der Waals surface area (Å²) in [5.41, 5.74) is 0. The Morgan fingerprint density at radius 3 is 2.83 bits per heavy atom. The highest BCUT2D eigenvalue weighted by molar-refractivity contribution is 5.83. The first kappa shape index (κ1) is 15.2. The van der Waals surface area contributed by atoms with Crippen LogP contribution in [0, 0.1) is 0 Å². The lowest BCUT2D eigenvalue weighted by atomic mass is 10.1. The Kier molecular flexibility index (Phi) is 8.57. The van der Waals surface area contributed by atoms with Crippen LogP contribution in [0.2, 0.25) is 0 Å². The molecule has 1 rings (SSSR count). The quantitative estimate of drug-likeness (QED) is 0.479. The van der Waals surface area contributed by atoms with E-state index in [9.17, 15) is 0 Å². The van der Waals surface area contributed by atoms with Gasteiger partial charge in [0.2, 0.25) is 0 Å². The number of nitrogens with zero attached hydrogens (tertiary/aromatic N) is 2. The first-order valence-electron chi connectivity index (χ1n) is 7.42. The molecule has 0 aliphatic carbocycles. The van der Waals surface area contributed by atoms with Gasteiger partial charge in [-0.1, -0.05) is 31.9 Å². The second-order valence-electron chi connectivity index (χ2n) is 4.84. The van der Waals surface area contributed by atoms with Crippen LogP contribution >= 0.6 is 0 Å². The van der Waals surface area contributed by atoms with Gasteiger partial charge in [-0.3, -0.25) is 4.99 Å². The molecule has 0 aromatic carbocycles. The van der Waals surface area contributed by atoms with Crippen molar-refractivity contribution < 1.29 is 5.11 Å². The number of allylic oxidation sites excluding steroid dienone is 2. The molecule has 0 unspecified atom stereocenters. The zero-order valence-corrected chi connectivity index (χ0v) is 11.8. The van der Waals surface area contributed by atoms with Crippen molar-refractivity contribution in [2.24, 2.45) is 4.99 Å². The molecule has 0 saturated carbocycles. The van der Waals surface area contributed by atoms with E-state index in [1.54, 1.807) is 0 Å². The fourth-order valence-corrected chi connectivity index (χ4v) is 2.31. The molecule has 0 spiro atoms. The Bertz CT molecular complexity index is 261. The Morgan fingerprint density at radius 1 is 1.22 bits per heavy atom. The molecular weight excluding hydrogens is 224 g/mol. The van der Waals surface area contributed by atoms with Gasteiger partial charge < -0.3 is 10.0 Å². The summed E-state index contributed by atoms with van der Waals surface area (Å²) in [4.78, 5) is 6.74. The molecule has 104 valence electrons. The standard InChI is InChI=1S/C15H28N2O/c1-2-3-4-5-6-7-8-9-10-15-16-11-12-17(15)13-14-18/h3-4,18H,2,5-14H2,1H3/b4-3+. The first-order valence-corrected chi connectivity index (χ1v) is 7.42. The number of β-amino-alcohol motifs (C(OH)–C–C–N with tert-alkyl or cyclic N) is 1. The van der Waals surface area contributed by atoms with Crippen molar-refractivity contribution >= 4 is 5.84 Å². The lowest BCUT2D eigenvalue weighted by Gasteiger charge is -2.18. The zero-order valence-electron chi connectivity index (χ0n) is 11.8. The predicted molar refractivity (Wildman–Crippen MR) is 78.1 cm³/mol. The smallest absolute Gasteiger partial charge is 0.0991 e. The number of hydrogen-bond donors (Lipinski definition) is 1. The highest BCUT2D eigenvalue weighted by atomic mass is 16.3. The minimum absolute atomic E-state index is 0.239. The van der Waals surface area contributed by atoms with Gasteiger partial charge in [0, 0.05) is 19.5 Å². The normalized spacial score (nSPS) is 15.7. The topological polar surface area (TPSA) is 35.8 Å². The van der Waals surface area contributed by atoms with Gasteiger partial charge in [0.05, 0.1) is 19.0 Å². The molecule has 0 bridgehead atoms. The fraction of sp³-hybridized carbons (Fsp3) is 0.800. The number of rotatable bonds is 10. The average Bonchev–Trinajstić information content (AvgIpc) is 2.81. The molecule has 0 radical (unpaired) electrons. The third kappa shape index (κ3) is 6.20. The molecule has 1 N–H and O–H groups in total. The lowest BCUT2D eigenvalue weighted by molar-refractivity contribution is 0.255. The van der Waals surface area contributed by atoms with Gasteiger partial charge in [0.25, 0.3) is 0 Å². The summed E-state index contributed by atoms with van der Waals surface area (Å²) in [6.45, 7) is 5.08. The molecule has 3 heteroatoms. The van der Waals surface area contributed by atoms with Crippen molar-refractivity contribution in [3.05, 3.63) is 12.2 Å². The first-order chi connectivity index (χ1) is 8.88. The molecule has 0 aromatic heterocycles. The Morgan fingerprint density at radius 2 is 2.06 bits per heavy atom. The lowest BCUT2D eigenvalue weighted by Crippen LogP contribution is -2.30. The third-order valence-corrected chi connectivity index (χ3v) is 3.32. The van der Waals surface area contributed by atoms with Crippen molar-refractivity contribution in [3.8, 4) is 0 Å². The summed E-state index contributed by atoms with van der Waals surface area (Å²) in [7, 11) is 0. The molecule has 18 heavy (non-hydrogen) atoms. The van der Waals surface area contributed by atoms with Crippen LogP contribution < -0.4 is 0 Å². The maximum absolute atomic E-state index is 8.95. The molecule has 0 fully saturated rings. The molecule has 1 aliphatic heterocycles. The van der Waals surface area contributed by atoms with E-state index in [1.165, 1.54) is 37.9 Å². The number of amidine groups is 1. The van der Waals surface area contributed by atoms with Crippen LogP contribution in [0.1, 0.15) is 51.9 Å². The van der Waals surface area contributed by atoms with Crippen LogP contribution in [-0.2, 0) is 0 Å². The highest BCUT2D eigenvalue weighted by Crippen LogP contribution is 2.11. The summed E-state index contributed by atoms with van der Waals surface area (Å²) in [5.74, 6) is 1.22. The molecule has 0 amide bonds. The summed E-state index contributed by atoms with van der Waals surface area (Å²) in [5, 5.41) is 8.95. The van der Waals surface area contributed by atoms with Gasteiger partial charge in [-0.25, -0.2) is 0 Å². The fourth-order valence-electron chi connectivity index (χ4n) is 2.31. The monoisotopic (exact) mass is 252 g/mol. The number of hydrogen-bond acceptors (Lipinski definition) is 3. The van der Waals surface area contributed by atoms with Gasteiger partial charge in [-0.05, 0) is 25.7 Å². The number of unbranched alkanes of at least 4 members (excludes halogenated alkanes) is 4. The number of aliphatic hydroxyl groups is 1. The second-order valence-corrected chi connectivity index (χ2v) is 4.84. The van der Waals surface area contributed by atoms with Gasteiger partial charge >= 0.3 is 0 Å². The molecule has 3 nitrogen and oxygen atoms in total. The second kappa shape index (κ2) is 10.1. The number of aliphatic hydroxyl groups excluding tert-OH is 1. The molecule has 0 atom stereocenters. The molecule has 1 aliphatic rings. The summed E-state index contributed by atoms with van der Waals surface area (Å²) in [6.07, 6.45) is 13.2. The number of aliphatic imine (C=N–C) groups is 1. The zero-order chi connectivity index (χ0) is 13.1. The summed E-state index contributed by atoms with van der Waals surface area (Å²) >= 11 is 0. The van der Waals surface area contributed by atoms with Crippen molar-refractivity contribution in [1.29, 1.82) is 0 Å². The van der Waals surface area contributed by atoms with Gasteiger partial charge in [0.15, 0.2) is 0 Å². The predicted octanol–water partition coefficient (Wildman–Crippen LogP) is 3.00. The van der Waals surface area contributed by atoms with Gasteiger partial charge in [-0.2, -0.15) is 0 Å². The SMILES string of the molecule is CC/C=C/CCCCCCC1=NCCN1CCO. The van der Waals surface area contributed by atoms with E-state index in [0.717, 1.165) is 32.5 Å². The summed E-state index contributed by atoms with van der Waals surface area (Å²) in [6, 6.07) is 0. The van der Waals surface area contributed by atoms with E-state index in [0.29, 0.717) is 0 Å². The third-order valence-electron chi connectivity index (χ3n) is 3.32. The molecule has 0 aromatic rings. The van der Waals surface area contributed by atoms with Crippen LogP contribution in [-0.4, -0.2) is 42.1 Å². The summed E-state index contributed by atoms with van der Waals surface area (Å²) < 4.78 is 0. The molecular formula is C15H28N2O. The van der Waals surface area contributed by atoms with Crippen LogP contribution in [0.15, 0.2) is 17.1 Å². The Balaban J connectivity index is 1.99. The van der Waals surface area contributed by atoms with Crippen LogP contribution in [0.3, 0.4) is 0 Å².